The Kier molecular flexibility index (Phi) is 3.90. The van der Waals surface area contributed by atoms with Crippen LogP contribution in [0.2, 0.25) is 0 Å². The van der Waals surface area contributed by atoms with Crippen molar-refractivity contribution >= 4 is 11.7 Å². The van der Waals surface area contributed by atoms with Crippen molar-refractivity contribution in [3.05, 3.63) is 23.9 Å². The predicted octanol–water partition coefficient (Wildman–Crippen LogP) is 1.23. The Morgan fingerprint density at radius 1 is 1.61 bits per heavy atom. The summed E-state index contributed by atoms with van der Waals surface area (Å²) in [4.78, 5) is 18.2. The van der Waals surface area contributed by atoms with Gasteiger partial charge in [0, 0.05) is 12.7 Å². The number of nitriles is 1. The Bertz CT molecular complexity index is 463. The van der Waals surface area contributed by atoms with E-state index in [1.807, 2.05) is 13.1 Å². The minimum atomic E-state index is 0.0127. The van der Waals surface area contributed by atoms with Crippen molar-refractivity contribution in [3.8, 4) is 6.07 Å². The SMILES string of the molecule is CN1CCCC(C(=O)Nc2ccc(C#N)cn2)C1. The summed E-state index contributed by atoms with van der Waals surface area (Å²) in [7, 11) is 2.03. The molecule has 0 aromatic carbocycles. The highest BCUT2D eigenvalue weighted by Crippen LogP contribution is 2.17. The lowest BCUT2D eigenvalue weighted by molar-refractivity contribution is -0.121. The van der Waals surface area contributed by atoms with Crippen LogP contribution in [0.3, 0.4) is 0 Å². The molecule has 1 aromatic heterocycles. The second-order valence-electron chi connectivity index (χ2n) is 4.63. The molecule has 1 atom stereocenters. The van der Waals surface area contributed by atoms with Crippen molar-refractivity contribution in [2.45, 2.75) is 12.8 Å². The number of hydrogen-bond acceptors (Lipinski definition) is 4. The summed E-state index contributed by atoms with van der Waals surface area (Å²) in [6.07, 6.45) is 3.43. The van der Waals surface area contributed by atoms with Gasteiger partial charge in [0.2, 0.25) is 5.91 Å². The quantitative estimate of drug-likeness (QED) is 0.849. The first-order valence-electron chi connectivity index (χ1n) is 6.04. The summed E-state index contributed by atoms with van der Waals surface area (Å²) in [5.41, 5.74) is 0.491. The van der Waals surface area contributed by atoms with Crippen molar-refractivity contribution in [2.24, 2.45) is 5.92 Å². The molecule has 5 heteroatoms. The Balaban J connectivity index is 1.96. The van der Waals surface area contributed by atoms with Gasteiger partial charge < -0.3 is 10.2 Å². The summed E-state index contributed by atoms with van der Waals surface area (Å²) < 4.78 is 0. The lowest BCUT2D eigenvalue weighted by Crippen LogP contribution is -2.38. The van der Waals surface area contributed by atoms with Crippen LogP contribution in [0.15, 0.2) is 18.3 Å². The van der Waals surface area contributed by atoms with E-state index in [2.05, 4.69) is 15.2 Å². The average molecular weight is 244 g/mol. The third-order valence-electron chi connectivity index (χ3n) is 3.14. The Hall–Kier alpha value is -1.93. The van der Waals surface area contributed by atoms with Gasteiger partial charge in [-0.25, -0.2) is 4.98 Å². The molecule has 2 heterocycles. The number of nitrogens with zero attached hydrogens (tertiary/aromatic N) is 3. The maximum absolute atomic E-state index is 12.0. The lowest BCUT2D eigenvalue weighted by Gasteiger charge is -2.28. The van der Waals surface area contributed by atoms with Gasteiger partial charge in [0.1, 0.15) is 11.9 Å². The molecule has 18 heavy (non-hydrogen) atoms. The molecule has 0 aliphatic carbocycles. The largest absolute Gasteiger partial charge is 0.310 e. The number of amides is 1. The number of anilines is 1. The molecule has 0 radical (unpaired) electrons. The molecular formula is C13H16N4O. The normalized spacial score (nSPS) is 20.1. The first-order chi connectivity index (χ1) is 8.69. The minimum absolute atomic E-state index is 0.0127. The monoisotopic (exact) mass is 244 g/mol. The summed E-state index contributed by atoms with van der Waals surface area (Å²) in [6, 6.07) is 5.30. The van der Waals surface area contributed by atoms with Gasteiger partial charge in [-0.2, -0.15) is 5.26 Å². The number of piperidine rings is 1. The summed E-state index contributed by atoms with van der Waals surface area (Å²) in [6.45, 7) is 1.85. The van der Waals surface area contributed by atoms with E-state index in [1.54, 1.807) is 12.1 Å². The highest BCUT2D eigenvalue weighted by atomic mass is 16.2. The zero-order valence-electron chi connectivity index (χ0n) is 10.4. The number of carbonyl (C=O) groups is 1. The van der Waals surface area contributed by atoms with Gasteiger partial charge >= 0.3 is 0 Å². The van der Waals surface area contributed by atoms with Gasteiger partial charge in [-0.3, -0.25) is 4.79 Å². The maximum atomic E-state index is 12.0. The Morgan fingerprint density at radius 3 is 3.06 bits per heavy atom. The second-order valence-corrected chi connectivity index (χ2v) is 4.63. The fourth-order valence-corrected chi connectivity index (χ4v) is 2.14. The van der Waals surface area contributed by atoms with E-state index < -0.39 is 0 Å². The molecule has 94 valence electrons. The smallest absolute Gasteiger partial charge is 0.229 e. The lowest BCUT2D eigenvalue weighted by atomic mass is 9.98. The molecule has 0 spiro atoms. The molecule has 1 aliphatic heterocycles. The Morgan fingerprint density at radius 2 is 2.44 bits per heavy atom. The molecule has 1 amide bonds. The van der Waals surface area contributed by atoms with Crippen molar-refractivity contribution in [1.29, 1.82) is 5.26 Å². The van der Waals surface area contributed by atoms with Crippen LogP contribution in [0.25, 0.3) is 0 Å². The van der Waals surface area contributed by atoms with E-state index >= 15 is 0 Å². The van der Waals surface area contributed by atoms with Crippen molar-refractivity contribution < 1.29 is 4.79 Å². The molecule has 0 saturated carbocycles. The zero-order valence-corrected chi connectivity index (χ0v) is 10.4. The average Bonchev–Trinajstić information content (AvgIpc) is 2.39. The number of pyridine rings is 1. The van der Waals surface area contributed by atoms with Gasteiger partial charge in [0.05, 0.1) is 11.5 Å². The van der Waals surface area contributed by atoms with E-state index in [-0.39, 0.29) is 11.8 Å². The van der Waals surface area contributed by atoms with Crippen LogP contribution < -0.4 is 5.32 Å². The van der Waals surface area contributed by atoms with E-state index in [9.17, 15) is 4.79 Å². The molecule has 5 nitrogen and oxygen atoms in total. The summed E-state index contributed by atoms with van der Waals surface area (Å²) in [5.74, 6) is 0.548. The molecule has 1 unspecified atom stereocenters. The van der Waals surface area contributed by atoms with Crippen molar-refractivity contribution in [2.75, 3.05) is 25.5 Å². The summed E-state index contributed by atoms with van der Waals surface area (Å²) >= 11 is 0. The highest BCUT2D eigenvalue weighted by Gasteiger charge is 2.23. The van der Waals surface area contributed by atoms with Gasteiger partial charge in [0.15, 0.2) is 0 Å². The molecule has 2 rings (SSSR count). The van der Waals surface area contributed by atoms with Crippen LogP contribution in [0.5, 0.6) is 0 Å². The molecule has 1 fully saturated rings. The standard InChI is InChI=1S/C13H16N4O/c1-17-6-2-3-11(9-17)13(18)16-12-5-4-10(7-14)8-15-12/h4-5,8,11H,2-3,6,9H2,1H3,(H,15,16,18). The van der Waals surface area contributed by atoms with E-state index in [0.717, 1.165) is 25.9 Å². The number of carbonyl (C=O) groups excluding carboxylic acids is 1. The van der Waals surface area contributed by atoms with Crippen molar-refractivity contribution in [3.63, 3.8) is 0 Å². The van der Waals surface area contributed by atoms with Gasteiger partial charge in [-0.15, -0.1) is 0 Å². The topological polar surface area (TPSA) is 69.0 Å². The number of nitrogens with one attached hydrogen (secondary N) is 1. The first kappa shape index (κ1) is 12.5. The molecule has 1 N–H and O–H groups in total. The second kappa shape index (κ2) is 5.61. The summed E-state index contributed by atoms with van der Waals surface area (Å²) in [5, 5.41) is 11.5. The van der Waals surface area contributed by atoms with Crippen LogP contribution in [0.4, 0.5) is 5.82 Å². The van der Waals surface area contributed by atoms with Crippen LogP contribution >= 0.6 is 0 Å². The molecule has 1 aromatic rings. The number of rotatable bonds is 2. The maximum Gasteiger partial charge on any atom is 0.229 e. The van der Waals surface area contributed by atoms with Gasteiger partial charge in [-0.1, -0.05) is 0 Å². The van der Waals surface area contributed by atoms with Gasteiger partial charge in [0.25, 0.3) is 0 Å². The van der Waals surface area contributed by atoms with E-state index in [1.165, 1.54) is 6.20 Å². The third kappa shape index (κ3) is 3.05. The van der Waals surface area contributed by atoms with Crippen LogP contribution in [-0.2, 0) is 4.79 Å². The predicted molar refractivity (Wildman–Crippen MR) is 67.8 cm³/mol. The fraction of sp³-hybridized carbons (Fsp3) is 0.462. The van der Waals surface area contributed by atoms with E-state index in [4.69, 9.17) is 5.26 Å². The van der Waals surface area contributed by atoms with E-state index in [0.29, 0.717) is 11.4 Å². The molecule has 1 aliphatic rings. The first-order valence-corrected chi connectivity index (χ1v) is 6.04. The van der Waals surface area contributed by atoms with Crippen LogP contribution in [0, 0.1) is 17.2 Å². The Labute approximate surface area is 106 Å². The highest BCUT2D eigenvalue weighted by molar-refractivity contribution is 5.91. The van der Waals surface area contributed by atoms with Crippen LogP contribution in [0.1, 0.15) is 18.4 Å². The molecular weight excluding hydrogens is 228 g/mol. The zero-order chi connectivity index (χ0) is 13.0. The molecule has 1 saturated heterocycles. The van der Waals surface area contributed by atoms with Crippen LogP contribution in [-0.4, -0.2) is 35.9 Å². The minimum Gasteiger partial charge on any atom is -0.310 e. The number of aromatic nitrogens is 1. The van der Waals surface area contributed by atoms with Crippen molar-refractivity contribution in [1.82, 2.24) is 9.88 Å². The fourth-order valence-electron chi connectivity index (χ4n) is 2.14. The number of likely N-dealkylation sites (tertiary alicyclic amines) is 1. The third-order valence-corrected chi connectivity index (χ3v) is 3.14. The molecule has 0 bridgehead atoms. The van der Waals surface area contributed by atoms with Gasteiger partial charge in [-0.05, 0) is 38.6 Å². The number of hydrogen-bond donors (Lipinski definition) is 1.